The second-order valence-electron chi connectivity index (χ2n) is 6.28. The molecular weight excluding hydrogens is 330 g/mol. The van der Waals surface area contributed by atoms with Gasteiger partial charge in [-0.15, -0.1) is 0 Å². The summed E-state index contributed by atoms with van der Waals surface area (Å²) in [6.07, 6.45) is 3.34. The van der Waals surface area contributed by atoms with Crippen LogP contribution in [0.3, 0.4) is 0 Å². The molecule has 128 valence electrons. The van der Waals surface area contributed by atoms with Gasteiger partial charge in [-0.2, -0.15) is 0 Å². The van der Waals surface area contributed by atoms with E-state index in [0.29, 0.717) is 29.3 Å². The van der Waals surface area contributed by atoms with Crippen molar-refractivity contribution < 1.29 is 19.1 Å². The first kappa shape index (κ1) is 16.8. The first-order valence-corrected chi connectivity index (χ1v) is 8.56. The number of carbonyl (C=O) groups excluding carboxylic acids is 1. The molecule has 1 aliphatic rings. The predicted molar refractivity (Wildman–Crippen MR) is 91.5 cm³/mol. The van der Waals surface area contributed by atoms with Crippen molar-refractivity contribution in [2.75, 3.05) is 6.54 Å². The fraction of sp³-hybridized carbons (Fsp3) is 0.444. The predicted octanol–water partition coefficient (Wildman–Crippen LogP) is 4.25. The lowest BCUT2D eigenvalue weighted by Gasteiger charge is -2.35. The van der Waals surface area contributed by atoms with Gasteiger partial charge in [-0.05, 0) is 50.8 Å². The fourth-order valence-corrected chi connectivity index (χ4v) is 3.56. The monoisotopic (exact) mass is 349 g/mol. The third-order valence-electron chi connectivity index (χ3n) is 4.67. The van der Waals surface area contributed by atoms with E-state index in [9.17, 15) is 9.59 Å². The van der Waals surface area contributed by atoms with Crippen LogP contribution in [0.4, 0.5) is 0 Å². The second-order valence-corrected chi connectivity index (χ2v) is 6.71. The van der Waals surface area contributed by atoms with Crippen molar-refractivity contribution in [3.63, 3.8) is 0 Å². The van der Waals surface area contributed by atoms with Crippen LogP contribution in [0.1, 0.15) is 48.2 Å². The number of likely N-dealkylation sites (tertiary alicyclic amines) is 1. The highest BCUT2D eigenvalue weighted by Crippen LogP contribution is 2.30. The van der Waals surface area contributed by atoms with Crippen molar-refractivity contribution in [2.45, 2.75) is 45.1 Å². The Kier molecular flexibility index (Phi) is 4.81. The van der Waals surface area contributed by atoms with E-state index in [1.807, 2.05) is 6.92 Å². The van der Waals surface area contributed by atoms with Gasteiger partial charge >= 0.3 is 5.97 Å². The molecular formula is C18H20ClNO4. The number of fused-ring (bicyclic) bond motifs is 1. The Hall–Kier alpha value is -2.01. The molecule has 1 saturated heterocycles. The van der Waals surface area contributed by atoms with Gasteiger partial charge in [0.05, 0.1) is 0 Å². The molecule has 0 saturated carbocycles. The van der Waals surface area contributed by atoms with Crippen molar-refractivity contribution >= 4 is 34.4 Å². The summed E-state index contributed by atoms with van der Waals surface area (Å²) < 4.78 is 5.78. The molecule has 1 amide bonds. The summed E-state index contributed by atoms with van der Waals surface area (Å²) in [7, 11) is 0. The fourth-order valence-electron chi connectivity index (χ4n) is 3.39. The van der Waals surface area contributed by atoms with Crippen LogP contribution in [0, 0.1) is 6.92 Å². The van der Waals surface area contributed by atoms with E-state index < -0.39 is 5.97 Å². The summed E-state index contributed by atoms with van der Waals surface area (Å²) in [5.41, 5.74) is 1.42. The second kappa shape index (κ2) is 6.85. The standard InChI is InChI=1S/C18H20ClNO4/c1-11-14-10-12(19)5-7-15(14)24-17(11)18(23)20-9-3-2-4-13(20)6-8-16(21)22/h5,7,10,13H,2-4,6,8-9H2,1H3,(H,21,22). The molecule has 6 heteroatoms. The number of rotatable bonds is 4. The van der Waals surface area contributed by atoms with E-state index in [0.717, 1.165) is 30.2 Å². The summed E-state index contributed by atoms with van der Waals surface area (Å²) in [5.74, 6) is -0.660. The van der Waals surface area contributed by atoms with E-state index in [1.54, 1.807) is 23.1 Å². The van der Waals surface area contributed by atoms with Gasteiger partial charge in [-0.1, -0.05) is 11.6 Å². The SMILES string of the molecule is Cc1c(C(=O)N2CCCCC2CCC(=O)O)oc2ccc(Cl)cc12. The Morgan fingerprint density at radius 1 is 1.38 bits per heavy atom. The van der Waals surface area contributed by atoms with Gasteiger partial charge < -0.3 is 14.4 Å². The molecule has 1 aromatic carbocycles. The van der Waals surface area contributed by atoms with Crippen molar-refractivity contribution in [3.05, 3.63) is 34.5 Å². The Morgan fingerprint density at radius 2 is 2.17 bits per heavy atom. The zero-order valence-electron chi connectivity index (χ0n) is 13.5. The molecule has 0 bridgehead atoms. The van der Waals surface area contributed by atoms with Crippen molar-refractivity contribution in [3.8, 4) is 0 Å². The number of hydrogen-bond donors (Lipinski definition) is 1. The number of furan rings is 1. The highest BCUT2D eigenvalue weighted by atomic mass is 35.5. The summed E-state index contributed by atoms with van der Waals surface area (Å²) in [6.45, 7) is 2.49. The van der Waals surface area contributed by atoms with Crippen LogP contribution in [-0.2, 0) is 4.79 Å². The van der Waals surface area contributed by atoms with E-state index in [-0.39, 0.29) is 18.4 Å². The molecule has 2 heterocycles. The molecule has 1 aliphatic heterocycles. The number of carbonyl (C=O) groups is 2. The summed E-state index contributed by atoms with van der Waals surface area (Å²) in [5, 5.41) is 10.4. The van der Waals surface area contributed by atoms with Crippen LogP contribution >= 0.6 is 11.6 Å². The third kappa shape index (κ3) is 3.26. The molecule has 1 fully saturated rings. The minimum absolute atomic E-state index is 0.0430. The van der Waals surface area contributed by atoms with Crippen molar-refractivity contribution in [2.24, 2.45) is 0 Å². The van der Waals surface area contributed by atoms with Gasteiger partial charge in [-0.25, -0.2) is 0 Å². The Labute approximate surface area is 145 Å². The number of carboxylic acids is 1. The van der Waals surface area contributed by atoms with Crippen LogP contribution in [0.15, 0.2) is 22.6 Å². The van der Waals surface area contributed by atoms with Gasteiger partial charge in [0.2, 0.25) is 0 Å². The van der Waals surface area contributed by atoms with Crippen LogP contribution < -0.4 is 0 Å². The lowest BCUT2D eigenvalue weighted by molar-refractivity contribution is -0.137. The quantitative estimate of drug-likeness (QED) is 0.895. The van der Waals surface area contributed by atoms with Crippen molar-refractivity contribution in [1.29, 1.82) is 0 Å². The van der Waals surface area contributed by atoms with Crippen LogP contribution in [-0.4, -0.2) is 34.5 Å². The van der Waals surface area contributed by atoms with Gasteiger partial charge in [-0.3, -0.25) is 9.59 Å². The number of nitrogens with zero attached hydrogens (tertiary/aromatic N) is 1. The summed E-state index contributed by atoms with van der Waals surface area (Å²) in [6, 6.07) is 5.25. The van der Waals surface area contributed by atoms with Gasteiger partial charge in [0.15, 0.2) is 5.76 Å². The lowest BCUT2D eigenvalue weighted by Crippen LogP contribution is -2.44. The first-order valence-electron chi connectivity index (χ1n) is 8.19. The molecule has 0 aliphatic carbocycles. The lowest BCUT2D eigenvalue weighted by atomic mass is 9.97. The molecule has 3 rings (SSSR count). The number of hydrogen-bond acceptors (Lipinski definition) is 3. The average molecular weight is 350 g/mol. The Bertz CT molecular complexity index is 783. The molecule has 1 N–H and O–H groups in total. The molecule has 0 spiro atoms. The molecule has 5 nitrogen and oxygen atoms in total. The molecule has 1 atom stereocenters. The minimum atomic E-state index is -0.831. The van der Waals surface area contributed by atoms with Gasteiger partial charge in [0.1, 0.15) is 5.58 Å². The topological polar surface area (TPSA) is 70.8 Å². The largest absolute Gasteiger partial charge is 0.481 e. The highest BCUT2D eigenvalue weighted by Gasteiger charge is 2.31. The molecule has 2 aromatic rings. The normalized spacial score (nSPS) is 18.1. The van der Waals surface area contributed by atoms with E-state index in [1.165, 1.54) is 0 Å². The zero-order valence-corrected chi connectivity index (χ0v) is 14.3. The molecule has 1 unspecified atom stereocenters. The number of amides is 1. The number of piperidine rings is 1. The van der Waals surface area contributed by atoms with Gasteiger partial charge in [0, 0.05) is 35.0 Å². The summed E-state index contributed by atoms with van der Waals surface area (Å²) >= 11 is 6.03. The molecule has 1 aromatic heterocycles. The van der Waals surface area contributed by atoms with Gasteiger partial charge in [0.25, 0.3) is 5.91 Å². The van der Waals surface area contributed by atoms with Crippen molar-refractivity contribution in [1.82, 2.24) is 4.90 Å². The first-order chi connectivity index (χ1) is 11.5. The third-order valence-corrected chi connectivity index (χ3v) is 4.91. The smallest absolute Gasteiger partial charge is 0.303 e. The van der Waals surface area contributed by atoms with Crippen LogP contribution in [0.2, 0.25) is 5.02 Å². The number of carboxylic acid groups (broad SMARTS) is 1. The maximum atomic E-state index is 13.0. The number of aryl methyl sites for hydroxylation is 1. The Balaban J connectivity index is 1.89. The maximum Gasteiger partial charge on any atom is 0.303 e. The van der Waals surface area contributed by atoms with E-state index in [2.05, 4.69) is 0 Å². The maximum absolute atomic E-state index is 13.0. The van der Waals surface area contributed by atoms with Crippen LogP contribution in [0.5, 0.6) is 0 Å². The average Bonchev–Trinajstić information content (AvgIpc) is 2.89. The molecule has 24 heavy (non-hydrogen) atoms. The number of aliphatic carboxylic acids is 1. The van der Waals surface area contributed by atoms with Crippen LogP contribution in [0.25, 0.3) is 11.0 Å². The summed E-state index contributed by atoms with van der Waals surface area (Å²) in [4.78, 5) is 25.6. The highest BCUT2D eigenvalue weighted by molar-refractivity contribution is 6.31. The van der Waals surface area contributed by atoms with E-state index >= 15 is 0 Å². The van der Waals surface area contributed by atoms with E-state index in [4.69, 9.17) is 21.1 Å². The number of benzene rings is 1. The zero-order chi connectivity index (χ0) is 17.3. The molecule has 0 radical (unpaired) electrons. The minimum Gasteiger partial charge on any atom is -0.481 e. The number of halogens is 1. The Morgan fingerprint density at radius 3 is 2.92 bits per heavy atom.